The number of rotatable bonds is 0. The molecule has 5 nitrogen and oxygen atoms in total. The summed E-state index contributed by atoms with van der Waals surface area (Å²) in [6.45, 7) is 3.04. The first-order chi connectivity index (χ1) is 4.93. The van der Waals surface area contributed by atoms with Crippen molar-refractivity contribution < 1.29 is 14.4 Å². The molecule has 0 aliphatic carbocycles. The lowest BCUT2D eigenvalue weighted by Crippen LogP contribution is -2.65. The highest BCUT2D eigenvalue weighted by Gasteiger charge is 2.38. The molecule has 60 valence electrons. The quantitative estimate of drug-likeness (QED) is 0.332. The fourth-order valence-corrected chi connectivity index (χ4v) is 0.713. The Balaban J connectivity index is 2.87. The second-order valence-corrected chi connectivity index (χ2v) is 2.86. The van der Waals surface area contributed by atoms with Crippen molar-refractivity contribution in [1.82, 2.24) is 10.6 Å². The van der Waals surface area contributed by atoms with Crippen molar-refractivity contribution in [2.24, 2.45) is 0 Å². The van der Waals surface area contributed by atoms with E-state index in [-0.39, 0.29) is 0 Å². The summed E-state index contributed by atoms with van der Waals surface area (Å²) in [7, 11) is 0. The van der Waals surface area contributed by atoms with Crippen LogP contribution in [0.3, 0.4) is 0 Å². The molecule has 0 aromatic rings. The third-order valence-electron chi connectivity index (χ3n) is 1.43. The molecular formula is C6H8N2O3. The van der Waals surface area contributed by atoms with Crippen LogP contribution in [0.2, 0.25) is 0 Å². The zero-order chi connectivity index (χ0) is 8.65. The van der Waals surface area contributed by atoms with Crippen molar-refractivity contribution in [1.29, 1.82) is 0 Å². The van der Waals surface area contributed by atoms with Crippen molar-refractivity contribution in [3.8, 4) is 0 Å². The largest absolute Gasteiger partial charge is 0.334 e. The maximum atomic E-state index is 10.9. The van der Waals surface area contributed by atoms with Crippen LogP contribution in [0, 0.1) is 0 Å². The van der Waals surface area contributed by atoms with Crippen molar-refractivity contribution >= 4 is 17.7 Å². The van der Waals surface area contributed by atoms with Crippen LogP contribution in [-0.2, 0) is 14.4 Å². The molecular weight excluding hydrogens is 148 g/mol. The Hall–Kier alpha value is -1.39. The van der Waals surface area contributed by atoms with Gasteiger partial charge in [-0.2, -0.15) is 0 Å². The van der Waals surface area contributed by atoms with Gasteiger partial charge in [-0.1, -0.05) is 0 Å². The SMILES string of the molecule is CC1(C)NC(=O)C(=O)NC1=O. The van der Waals surface area contributed by atoms with E-state index in [1.165, 1.54) is 13.8 Å². The van der Waals surface area contributed by atoms with Crippen LogP contribution in [0.25, 0.3) is 0 Å². The minimum atomic E-state index is -0.981. The molecule has 0 aromatic heterocycles. The average Bonchev–Trinajstić information content (AvgIpc) is 1.83. The number of nitrogens with one attached hydrogen (secondary N) is 2. The topological polar surface area (TPSA) is 75.3 Å². The fourth-order valence-electron chi connectivity index (χ4n) is 0.713. The Morgan fingerprint density at radius 3 is 2.09 bits per heavy atom. The van der Waals surface area contributed by atoms with Gasteiger partial charge in [0.1, 0.15) is 5.54 Å². The molecule has 0 radical (unpaired) electrons. The Labute approximate surface area is 63.1 Å². The lowest BCUT2D eigenvalue weighted by atomic mass is 10.0. The Kier molecular flexibility index (Phi) is 1.44. The first kappa shape index (κ1) is 7.71. The van der Waals surface area contributed by atoms with Crippen molar-refractivity contribution in [3.05, 3.63) is 0 Å². The minimum absolute atomic E-state index is 0.484. The molecule has 1 heterocycles. The van der Waals surface area contributed by atoms with Gasteiger partial charge in [0.15, 0.2) is 0 Å². The predicted octanol–water partition coefficient (Wildman–Crippen LogP) is -1.46. The predicted molar refractivity (Wildman–Crippen MR) is 35.4 cm³/mol. The number of hydrogen-bond acceptors (Lipinski definition) is 3. The molecule has 1 rings (SSSR count). The second-order valence-electron chi connectivity index (χ2n) is 2.86. The van der Waals surface area contributed by atoms with E-state index in [9.17, 15) is 14.4 Å². The highest BCUT2D eigenvalue weighted by atomic mass is 16.2. The van der Waals surface area contributed by atoms with Gasteiger partial charge in [-0.3, -0.25) is 19.7 Å². The Morgan fingerprint density at radius 1 is 1.09 bits per heavy atom. The summed E-state index contributed by atoms with van der Waals surface area (Å²) < 4.78 is 0. The van der Waals surface area contributed by atoms with Crippen LogP contribution in [-0.4, -0.2) is 23.3 Å². The first-order valence-electron chi connectivity index (χ1n) is 3.11. The lowest BCUT2D eigenvalue weighted by Gasteiger charge is -2.28. The van der Waals surface area contributed by atoms with Gasteiger partial charge in [-0.05, 0) is 13.8 Å². The average molecular weight is 156 g/mol. The van der Waals surface area contributed by atoms with Crippen LogP contribution < -0.4 is 10.6 Å². The summed E-state index contributed by atoms with van der Waals surface area (Å²) in [5.74, 6) is -2.15. The molecule has 0 bridgehead atoms. The second kappa shape index (κ2) is 2.05. The molecule has 2 N–H and O–H groups in total. The molecule has 1 fully saturated rings. The number of imide groups is 1. The number of hydrogen-bond donors (Lipinski definition) is 2. The van der Waals surface area contributed by atoms with Gasteiger partial charge in [0, 0.05) is 0 Å². The minimum Gasteiger partial charge on any atom is -0.334 e. The monoisotopic (exact) mass is 156 g/mol. The van der Waals surface area contributed by atoms with Crippen LogP contribution >= 0.6 is 0 Å². The summed E-state index contributed by atoms with van der Waals surface area (Å²) in [6.07, 6.45) is 0. The van der Waals surface area contributed by atoms with Gasteiger partial charge >= 0.3 is 11.8 Å². The molecule has 1 saturated heterocycles. The summed E-state index contributed by atoms with van der Waals surface area (Å²) in [6, 6.07) is 0. The van der Waals surface area contributed by atoms with E-state index >= 15 is 0 Å². The highest BCUT2D eigenvalue weighted by Crippen LogP contribution is 2.04. The van der Waals surface area contributed by atoms with E-state index in [1.54, 1.807) is 0 Å². The van der Waals surface area contributed by atoms with Crippen LogP contribution in [0.5, 0.6) is 0 Å². The van der Waals surface area contributed by atoms with Gasteiger partial charge in [-0.15, -0.1) is 0 Å². The van der Waals surface area contributed by atoms with E-state index < -0.39 is 23.3 Å². The van der Waals surface area contributed by atoms with Gasteiger partial charge < -0.3 is 5.32 Å². The van der Waals surface area contributed by atoms with E-state index in [0.29, 0.717) is 0 Å². The molecule has 5 heteroatoms. The third kappa shape index (κ3) is 1.21. The van der Waals surface area contributed by atoms with E-state index in [4.69, 9.17) is 0 Å². The molecule has 1 aliphatic rings. The molecule has 3 amide bonds. The van der Waals surface area contributed by atoms with Crippen molar-refractivity contribution in [2.75, 3.05) is 0 Å². The van der Waals surface area contributed by atoms with Crippen LogP contribution in [0.1, 0.15) is 13.8 Å². The first-order valence-corrected chi connectivity index (χ1v) is 3.11. The van der Waals surface area contributed by atoms with E-state index in [0.717, 1.165) is 0 Å². The van der Waals surface area contributed by atoms with Crippen LogP contribution in [0.4, 0.5) is 0 Å². The Bertz CT molecular complexity index is 244. The molecule has 0 unspecified atom stereocenters. The van der Waals surface area contributed by atoms with Gasteiger partial charge in [0.2, 0.25) is 0 Å². The number of piperazine rings is 1. The normalized spacial score (nSPS) is 22.5. The van der Waals surface area contributed by atoms with Crippen molar-refractivity contribution in [3.63, 3.8) is 0 Å². The zero-order valence-corrected chi connectivity index (χ0v) is 6.22. The lowest BCUT2D eigenvalue weighted by molar-refractivity contribution is -0.149. The molecule has 1 aliphatic heterocycles. The third-order valence-corrected chi connectivity index (χ3v) is 1.43. The fraction of sp³-hybridized carbons (Fsp3) is 0.500. The van der Waals surface area contributed by atoms with Gasteiger partial charge in [-0.25, -0.2) is 0 Å². The smallest absolute Gasteiger partial charge is 0.315 e. The summed E-state index contributed by atoms with van der Waals surface area (Å²) in [4.78, 5) is 32.2. The Morgan fingerprint density at radius 2 is 1.64 bits per heavy atom. The standard InChI is InChI=1S/C6H8N2O3/c1-6(2)5(11)7-3(9)4(10)8-6/h1-2H3,(H,8,10)(H,7,9,11). The summed E-state index contributed by atoms with van der Waals surface area (Å²) in [5, 5.41) is 4.18. The highest BCUT2D eigenvalue weighted by molar-refractivity contribution is 6.40. The van der Waals surface area contributed by atoms with Gasteiger partial charge in [0.05, 0.1) is 0 Å². The van der Waals surface area contributed by atoms with Crippen LogP contribution in [0.15, 0.2) is 0 Å². The number of amides is 3. The van der Waals surface area contributed by atoms with Crippen molar-refractivity contribution in [2.45, 2.75) is 19.4 Å². The molecule has 0 saturated carbocycles. The molecule has 0 atom stereocenters. The summed E-state index contributed by atoms with van der Waals surface area (Å²) >= 11 is 0. The molecule has 0 spiro atoms. The molecule has 11 heavy (non-hydrogen) atoms. The zero-order valence-electron chi connectivity index (χ0n) is 6.22. The number of carbonyl (C=O) groups excluding carboxylic acids is 3. The summed E-state index contributed by atoms with van der Waals surface area (Å²) in [5.41, 5.74) is -0.981. The number of carbonyl (C=O) groups is 3. The van der Waals surface area contributed by atoms with Gasteiger partial charge in [0.25, 0.3) is 5.91 Å². The maximum Gasteiger partial charge on any atom is 0.315 e. The maximum absolute atomic E-state index is 10.9. The van der Waals surface area contributed by atoms with E-state index in [2.05, 4.69) is 5.32 Å². The van der Waals surface area contributed by atoms with E-state index in [1.807, 2.05) is 5.32 Å². The molecule has 0 aromatic carbocycles.